The van der Waals surface area contributed by atoms with Crippen LogP contribution in [0.2, 0.25) is 0 Å². The molecular weight excluding hydrogens is 620 g/mol. The van der Waals surface area contributed by atoms with Crippen LogP contribution >= 0.6 is 0 Å². The first-order valence-corrected chi connectivity index (χ1v) is 16.9. The molecule has 2 aromatic heterocycles. The number of likely N-dealkylation sites (N-methyl/N-ethyl adjacent to an activating group) is 1. The van der Waals surface area contributed by atoms with Crippen LogP contribution in [-0.2, 0) is 16.1 Å². The molecule has 7 rings (SSSR count). The largest absolute Gasteiger partial charge is 0.387 e. The lowest BCUT2D eigenvalue weighted by Gasteiger charge is -2.21. The number of carbonyl (C=O) groups is 1. The van der Waals surface area contributed by atoms with E-state index in [1.54, 1.807) is 11.5 Å². The number of imidazole rings is 1. The smallest absolute Gasteiger partial charge is 0.252 e. The summed E-state index contributed by atoms with van der Waals surface area (Å²) in [6.07, 6.45) is -2.69. The van der Waals surface area contributed by atoms with Crippen molar-refractivity contribution in [2.75, 3.05) is 36.8 Å². The van der Waals surface area contributed by atoms with Gasteiger partial charge in [-0.05, 0) is 30.0 Å². The molecule has 0 saturated carbocycles. The Morgan fingerprint density at radius 3 is 2.29 bits per heavy atom. The molecule has 5 N–H and O–H groups in total. The number of aromatic nitrogens is 4. The molecule has 0 aliphatic carbocycles. The zero-order valence-corrected chi connectivity index (χ0v) is 27.4. The molecule has 2 saturated heterocycles. The molecule has 2 aliphatic heterocycles. The van der Waals surface area contributed by atoms with Crippen LogP contribution in [0.25, 0.3) is 11.2 Å². The van der Waals surface area contributed by atoms with E-state index >= 15 is 0 Å². The molecule has 2 fully saturated rings. The number of hydrogen-bond acceptors (Lipinski definition) is 10. The zero-order chi connectivity index (χ0) is 33.7. The van der Waals surface area contributed by atoms with E-state index in [-0.39, 0.29) is 12.0 Å². The summed E-state index contributed by atoms with van der Waals surface area (Å²) < 4.78 is 7.53. The molecule has 5 atom stereocenters. The third kappa shape index (κ3) is 7.13. The topological polar surface area (TPSA) is 150 Å². The third-order valence-electron chi connectivity index (χ3n) is 9.28. The minimum atomic E-state index is -1.42. The molecule has 254 valence electrons. The number of aliphatic hydroxyl groups is 2. The number of fused-ring (bicyclic) bond motifs is 1. The van der Waals surface area contributed by atoms with E-state index in [9.17, 15) is 15.0 Å². The number of rotatable bonds is 12. The van der Waals surface area contributed by atoms with Crippen molar-refractivity contribution in [3.05, 3.63) is 114 Å². The highest BCUT2D eigenvalue weighted by molar-refractivity contribution is 5.85. The number of nitrogens with one attached hydrogen (secondary N) is 3. The van der Waals surface area contributed by atoms with E-state index < -0.39 is 30.4 Å². The minimum absolute atomic E-state index is 0.0280. The van der Waals surface area contributed by atoms with Gasteiger partial charge >= 0.3 is 0 Å². The standard InChI is InChI=1S/C37H42N8O4/c1-2-38-35(48)32-30(46)31(47)36(49-32)45-23-40-29-33(39-20-28(25-14-8-4-9-15-25)26-16-10-5-11-17-26)42-37(43-34(29)45)41-27-18-19-44(22-27)21-24-12-6-3-7-13-24/h3-17,23,27-28,30-32,36,46-47H,2,18-22H2,1H3,(H,38,48)(H2,39,41,42,43)/t27?,30-,31+,32-,36+/m0/s1. The van der Waals surface area contributed by atoms with Crippen LogP contribution in [0.3, 0.4) is 0 Å². The maximum Gasteiger partial charge on any atom is 0.252 e. The predicted octanol–water partition coefficient (Wildman–Crippen LogP) is 3.51. The third-order valence-corrected chi connectivity index (χ3v) is 9.28. The summed E-state index contributed by atoms with van der Waals surface area (Å²) >= 11 is 0. The normalized spacial score (nSPS) is 22.5. The van der Waals surface area contributed by atoms with E-state index in [0.29, 0.717) is 36.0 Å². The first-order valence-electron chi connectivity index (χ1n) is 16.9. The monoisotopic (exact) mass is 662 g/mol. The molecule has 49 heavy (non-hydrogen) atoms. The number of carbonyl (C=O) groups excluding carboxylic acids is 1. The summed E-state index contributed by atoms with van der Waals surface area (Å²) in [5.74, 6) is 0.470. The summed E-state index contributed by atoms with van der Waals surface area (Å²) in [4.78, 5) is 29.5. The van der Waals surface area contributed by atoms with E-state index in [0.717, 1.165) is 37.2 Å². The van der Waals surface area contributed by atoms with Crippen molar-refractivity contribution >= 4 is 28.8 Å². The summed E-state index contributed by atoms with van der Waals surface area (Å²) in [7, 11) is 0. The molecule has 12 nitrogen and oxygen atoms in total. The highest BCUT2D eigenvalue weighted by Gasteiger charge is 2.47. The number of anilines is 2. The molecule has 4 heterocycles. The van der Waals surface area contributed by atoms with Crippen molar-refractivity contribution < 1.29 is 19.7 Å². The first kappa shape index (κ1) is 32.7. The van der Waals surface area contributed by atoms with Crippen LogP contribution in [-0.4, -0.2) is 91.1 Å². The van der Waals surface area contributed by atoms with Gasteiger partial charge in [0.15, 0.2) is 29.3 Å². The minimum Gasteiger partial charge on any atom is -0.387 e. The van der Waals surface area contributed by atoms with Crippen LogP contribution in [0.15, 0.2) is 97.3 Å². The summed E-state index contributed by atoms with van der Waals surface area (Å²) in [6.45, 7) is 5.31. The van der Waals surface area contributed by atoms with Gasteiger partial charge in [0.1, 0.15) is 12.2 Å². The highest BCUT2D eigenvalue weighted by atomic mass is 16.6. The molecule has 5 aromatic rings. The molecule has 1 unspecified atom stereocenters. The molecule has 12 heteroatoms. The van der Waals surface area contributed by atoms with E-state index in [4.69, 9.17) is 14.7 Å². The Morgan fingerprint density at radius 1 is 0.939 bits per heavy atom. The fourth-order valence-electron chi connectivity index (χ4n) is 6.79. The van der Waals surface area contributed by atoms with Gasteiger partial charge in [-0.1, -0.05) is 91.0 Å². The lowest BCUT2D eigenvalue weighted by Crippen LogP contribution is -2.42. The van der Waals surface area contributed by atoms with Crippen LogP contribution < -0.4 is 16.0 Å². The lowest BCUT2D eigenvalue weighted by atomic mass is 9.91. The molecule has 1 amide bonds. The van der Waals surface area contributed by atoms with Gasteiger partial charge in [0.25, 0.3) is 5.91 Å². The first-order chi connectivity index (χ1) is 24.0. The van der Waals surface area contributed by atoms with E-state index in [2.05, 4.69) is 74.4 Å². The molecular formula is C37H42N8O4. The van der Waals surface area contributed by atoms with Gasteiger partial charge in [-0.15, -0.1) is 0 Å². The number of nitrogens with zero attached hydrogens (tertiary/aromatic N) is 5. The number of amides is 1. The number of aliphatic hydroxyl groups excluding tert-OH is 2. The van der Waals surface area contributed by atoms with Gasteiger partial charge in [0.05, 0.1) is 6.33 Å². The quantitative estimate of drug-likeness (QED) is 0.134. The number of benzene rings is 3. The molecule has 0 bridgehead atoms. The Morgan fingerprint density at radius 2 is 1.61 bits per heavy atom. The van der Waals surface area contributed by atoms with Gasteiger partial charge < -0.3 is 30.9 Å². The predicted molar refractivity (Wildman–Crippen MR) is 187 cm³/mol. The second kappa shape index (κ2) is 14.7. The van der Waals surface area contributed by atoms with Gasteiger partial charge in [-0.25, -0.2) is 4.98 Å². The van der Waals surface area contributed by atoms with Crippen LogP contribution in [0.5, 0.6) is 0 Å². The van der Waals surface area contributed by atoms with Crippen LogP contribution in [0.4, 0.5) is 11.8 Å². The van der Waals surface area contributed by atoms with Crippen molar-refractivity contribution in [2.45, 2.75) is 56.4 Å². The Balaban J connectivity index is 1.19. The van der Waals surface area contributed by atoms with Gasteiger partial charge in [-0.3, -0.25) is 14.3 Å². The molecule has 0 radical (unpaired) electrons. The fourth-order valence-corrected chi connectivity index (χ4v) is 6.79. The second-order valence-corrected chi connectivity index (χ2v) is 12.6. The number of ether oxygens (including phenoxy) is 1. The van der Waals surface area contributed by atoms with Crippen LogP contribution in [0.1, 0.15) is 42.2 Å². The zero-order valence-electron chi connectivity index (χ0n) is 27.4. The van der Waals surface area contributed by atoms with Gasteiger partial charge in [0, 0.05) is 44.7 Å². The lowest BCUT2D eigenvalue weighted by molar-refractivity contribution is -0.137. The van der Waals surface area contributed by atoms with E-state index in [1.807, 2.05) is 42.5 Å². The second-order valence-electron chi connectivity index (χ2n) is 12.6. The molecule has 2 aliphatic rings. The van der Waals surface area contributed by atoms with Crippen molar-refractivity contribution in [2.24, 2.45) is 0 Å². The molecule has 0 spiro atoms. The maximum atomic E-state index is 12.6. The summed E-state index contributed by atoms with van der Waals surface area (Å²) in [5.41, 5.74) is 4.48. The molecule has 3 aromatic carbocycles. The number of hydrogen-bond donors (Lipinski definition) is 5. The maximum absolute atomic E-state index is 12.6. The highest BCUT2D eigenvalue weighted by Crippen LogP contribution is 2.34. The average Bonchev–Trinajstić information content (AvgIpc) is 3.83. The van der Waals surface area contributed by atoms with Gasteiger partial charge in [-0.2, -0.15) is 9.97 Å². The Labute approximate surface area is 285 Å². The number of likely N-dealkylation sites (tertiary alicyclic amines) is 1. The van der Waals surface area contributed by atoms with Gasteiger partial charge in [0.2, 0.25) is 5.95 Å². The Kier molecular flexibility index (Phi) is 9.80. The Bertz CT molecular complexity index is 1800. The van der Waals surface area contributed by atoms with Crippen molar-refractivity contribution in [3.63, 3.8) is 0 Å². The van der Waals surface area contributed by atoms with Crippen molar-refractivity contribution in [1.29, 1.82) is 0 Å². The summed E-state index contributed by atoms with van der Waals surface area (Å²) in [5, 5.41) is 31.6. The Hall–Kier alpha value is -4.88. The SMILES string of the molecule is CCNC(=O)[C@H]1O[C@@H](n2cnc3c(NCC(c4ccccc4)c4ccccc4)nc(NC4CCN(Cc5ccccc5)C4)nc32)[C@H](O)[C@@H]1O. The van der Waals surface area contributed by atoms with E-state index in [1.165, 1.54) is 11.9 Å². The summed E-state index contributed by atoms with van der Waals surface area (Å²) in [6, 6.07) is 31.2. The van der Waals surface area contributed by atoms with Crippen molar-refractivity contribution in [3.8, 4) is 0 Å². The fraction of sp³-hybridized carbons (Fsp3) is 0.351. The average molecular weight is 663 g/mol. The van der Waals surface area contributed by atoms with Crippen LogP contribution in [0, 0.1) is 0 Å². The van der Waals surface area contributed by atoms with Crippen molar-refractivity contribution in [1.82, 2.24) is 29.7 Å².